The first-order chi connectivity index (χ1) is 4.19. The molecule has 0 radical (unpaired) electrons. The third-order valence-electron chi connectivity index (χ3n) is 1.87. The Morgan fingerprint density at radius 2 is 2.22 bits per heavy atom. The molecule has 0 bridgehead atoms. The second kappa shape index (κ2) is 2.27. The minimum Gasteiger partial charge on any atom is -0.366 e. The summed E-state index contributed by atoms with van der Waals surface area (Å²) in [5.74, 6) is 0. The van der Waals surface area contributed by atoms with Gasteiger partial charge in [-0.2, -0.15) is 0 Å². The molecule has 1 aliphatic rings. The summed E-state index contributed by atoms with van der Waals surface area (Å²) in [6.07, 6.45) is 2.83. The Kier molecular flexibility index (Phi) is 1.78. The first-order valence-electron chi connectivity index (χ1n) is 3.55. The lowest BCUT2D eigenvalue weighted by Gasteiger charge is -2.00. The highest BCUT2D eigenvalue weighted by Crippen LogP contribution is 2.38. The SMILES string of the molecule is CCCC[C@]1(C)O[C@@H]1O. The predicted molar refractivity (Wildman–Crippen MR) is 35.0 cm³/mol. The normalized spacial score (nSPS) is 41.0. The van der Waals surface area contributed by atoms with Crippen LogP contribution < -0.4 is 0 Å². The summed E-state index contributed by atoms with van der Waals surface area (Å²) in [7, 11) is 0. The van der Waals surface area contributed by atoms with Crippen LogP contribution in [0.25, 0.3) is 0 Å². The fourth-order valence-corrected chi connectivity index (χ4v) is 0.931. The maximum Gasteiger partial charge on any atom is 0.184 e. The number of rotatable bonds is 3. The maximum absolute atomic E-state index is 8.89. The third kappa shape index (κ3) is 1.43. The highest BCUT2D eigenvalue weighted by atomic mass is 16.7. The molecule has 54 valence electrons. The van der Waals surface area contributed by atoms with Crippen LogP contribution >= 0.6 is 0 Å². The molecule has 0 saturated carbocycles. The van der Waals surface area contributed by atoms with E-state index >= 15 is 0 Å². The molecule has 0 aromatic rings. The fraction of sp³-hybridized carbons (Fsp3) is 1.00. The number of ether oxygens (including phenoxy) is 1. The van der Waals surface area contributed by atoms with Crippen molar-refractivity contribution in [3.63, 3.8) is 0 Å². The molecule has 0 aliphatic carbocycles. The lowest BCUT2D eigenvalue weighted by atomic mass is 10.1. The molecular formula is C7H14O2. The van der Waals surface area contributed by atoms with Crippen molar-refractivity contribution in [1.82, 2.24) is 0 Å². The van der Waals surface area contributed by atoms with Crippen molar-refractivity contribution >= 4 is 0 Å². The van der Waals surface area contributed by atoms with Gasteiger partial charge in [0, 0.05) is 0 Å². The maximum atomic E-state index is 8.89. The molecule has 2 heteroatoms. The van der Waals surface area contributed by atoms with Crippen LogP contribution in [-0.2, 0) is 4.74 Å². The molecule has 0 aromatic carbocycles. The van der Waals surface area contributed by atoms with Gasteiger partial charge in [-0.25, -0.2) is 0 Å². The zero-order valence-corrected chi connectivity index (χ0v) is 6.05. The van der Waals surface area contributed by atoms with E-state index in [9.17, 15) is 0 Å². The summed E-state index contributed by atoms with van der Waals surface area (Å²) in [4.78, 5) is 0. The zero-order valence-electron chi connectivity index (χ0n) is 6.05. The molecule has 2 nitrogen and oxygen atoms in total. The summed E-state index contributed by atoms with van der Waals surface area (Å²) >= 11 is 0. The van der Waals surface area contributed by atoms with Gasteiger partial charge in [0.15, 0.2) is 6.29 Å². The van der Waals surface area contributed by atoms with E-state index in [0.717, 1.165) is 12.8 Å². The largest absolute Gasteiger partial charge is 0.366 e. The first-order valence-corrected chi connectivity index (χ1v) is 3.55. The van der Waals surface area contributed by atoms with Crippen molar-refractivity contribution < 1.29 is 9.84 Å². The van der Waals surface area contributed by atoms with Gasteiger partial charge >= 0.3 is 0 Å². The summed E-state index contributed by atoms with van der Waals surface area (Å²) in [6.45, 7) is 4.09. The molecule has 0 amide bonds. The van der Waals surface area contributed by atoms with Gasteiger partial charge in [0.25, 0.3) is 0 Å². The van der Waals surface area contributed by atoms with Crippen LogP contribution in [0.5, 0.6) is 0 Å². The summed E-state index contributed by atoms with van der Waals surface area (Å²) in [6, 6.07) is 0. The number of unbranched alkanes of at least 4 members (excludes halogenated alkanes) is 1. The van der Waals surface area contributed by atoms with E-state index in [1.165, 1.54) is 6.42 Å². The molecule has 0 aromatic heterocycles. The van der Waals surface area contributed by atoms with Crippen molar-refractivity contribution in [2.45, 2.75) is 45.0 Å². The van der Waals surface area contributed by atoms with Crippen LogP contribution in [0.3, 0.4) is 0 Å². The average Bonchev–Trinajstić information content (AvgIpc) is 2.38. The molecule has 1 fully saturated rings. The van der Waals surface area contributed by atoms with E-state index in [1.54, 1.807) is 0 Å². The van der Waals surface area contributed by atoms with Gasteiger partial charge in [-0.3, -0.25) is 0 Å². The third-order valence-corrected chi connectivity index (χ3v) is 1.87. The van der Waals surface area contributed by atoms with Gasteiger partial charge in [-0.15, -0.1) is 0 Å². The van der Waals surface area contributed by atoms with Crippen molar-refractivity contribution in [3.8, 4) is 0 Å². The molecular weight excluding hydrogens is 116 g/mol. The van der Waals surface area contributed by atoms with Gasteiger partial charge in [0.1, 0.15) is 5.60 Å². The van der Waals surface area contributed by atoms with E-state index in [2.05, 4.69) is 6.92 Å². The van der Waals surface area contributed by atoms with Crippen molar-refractivity contribution in [1.29, 1.82) is 0 Å². The van der Waals surface area contributed by atoms with Gasteiger partial charge in [-0.1, -0.05) is 19.8 Å². The van der Waals surface area contributed by atoms with E-state index in [4.69, 9.17) is 9.84 Å². The number of aliphatic hydroxyl groups excluding tert-OH is 1. The van der Waals surface area contributed by atoms with E-state index < -0.39 is 6.29 Å². The Morgan fingerprint density at radius 3 is 2.56 bits per heavy atom. The van der Waals surface area contributed by atoms with Crippen LogP contribution in [0.15, 0.2) is 0 Å². The Balaban J connectivity index is 2.13. The number of aliphatic hydroxyl groups is 1. The smallest absolute Gasteiger partial charge is 0.184 e. The molecule has 1 heterocycles. The highest BCUT2D eigenvalue weighted by Gasteiger charge is 2.50. The zero-order chi connectivity index (χ0) is 6.91. The number of hydrogen-bond acceptors (Lipinski definition) is 2. The van der Waals surface area contributed by atoms with Gasteiger partial charge in [0.05, 0.1) is 0 Å². The molecule has 0 spiro atoms. The Morgan fingerprint density at radius 1 is 1.67 bits per heavy atom. The molecule has 1 saturated heterocycles. The number of hydrogen-bond donors (Lipinski definition) is 1. The van der Waals surface area contributed by atoms with Gasteiger partial charge in [0.2, 0.25) is 0 Å². The van der Waals surface area contributed by atoms with Crippen LogP contribution in [-0.4, -0.2) is 17.0 Å². The van der Waals surface area contributed by atoms with E-state index in [0.29, 0.717) is 0 Å². The lowest BCUT2D eigenvalue weighted by Crippen LogP contribution is -2.08. The monoisotopic (exact) mass is 130 g/mol. The second-order valence-electron chi connectivity index (χ2n) is 2.89. The minimum atomic E-state index is -0.482. The Bertz CT molecular complexity index is 103. The topological polar surface area (TPSA) is 32.8 Å². The van der Waals surface area contributed by atoms with Crippen LogP contribution in [0.2, 0.25) is 0 Å². The molecule has 1 rings (SSSR count). The Hall–Kier alpha value is -0.0800. The summed E-state index contributed by atoms with van der Waals surface area (Å²) in [5.41, 5.74) is -0.185. The lowest BCUT2D eigenvalue weighted by molar-refractivity contribution is 0.155. The van der Waals surface area contributed by atoms with E-state index in [-0.39, 0.29) is 5.60 Å². The standard InChI is InChI=1S/C7H14O2/c1-3-4-5-7(2)6(8)9-7/h6,8H,3-5H2,1-2H3/t6-,7-/m0/s1. The minimum absolute atomic E-state index is 0.185. The summed E-state index contributed by atoms with van der Waals surface area (Å²) in [5, 5.41) is 8.89. The van der Waals surface area contributed by atoms with E-state index in [1.807, 2.05) is 6.92 Å². The summed E-state index contributed by atoms with van der Waals surface area (Å²) < 4.78 is 4.96. The highest BCUT2D eigenvalue weighted by molar-refractivity contribution is 4.90. The van der Waals surface area contributed by atoms with Gasteiger partial charge in [-0.05, 0) is 13.3 Å². The molecule has 2 atom stereocenters. The van der Waals surface area contributed by atoms with Crippen LogP contribution in [0, 0.1) is 0 Å². The van der Waals surface area contributed by atoms with Crippen molar-refractivity contribution in [2.24, 2.45) is 0 Å². The molecule has 9 heavy (non-hydrogen) atoms. The van der Waals surface area contributed by atoms with Gasteiger partial charge < -0.3 is 9.84 Å². The molecule has 0 unspecified atom stereocenters. The molecule has 1 aliphatic heterocycles. The van der Waals surface area contributed by atoms with Crippen LogP contribution in [0.1, 0.15) is 33.1 Å². The van der Waals surface area contributed by atoms with Crippen molar-refractivity contribution in [2.75, 3.05) is 0 Å². The van der Waals surface area contributed by atoms with Crippen LogP contribution in [0.4, 0.5) is 0 Å². The average molecular weight is 130 g/mol. The predicted octanol–water partition coefficient (Wildman–Crippen LogP) is 1.28. The fourth-order valence-electron chi connectivity index (χ4n) is 0.931. The Labute approximate surface area is 55.8 Å². The second-order valence-corrected chi connectivity index (χ2v) is 2.89. The quantitative estimate of drug-likeness (QED) is 0.584. The number of epoxide rings is 1. The van der Waals surface area contributed by atoms with Crippen molar-refractivity contribution in [3.05, 3.63) is 0 Å². The first kappa shape index (κ1) is 7.03. The molecule has 1 N–H and O–H groups in total.